The normalized spacial score (nSPS) is 10.4. The molecule has 28 heavy (non-hydrogen) atoms. The number of nitrogens with zero attached hydrogens (tertiary/aromatic N) is 2. The molecular weight excluding hydrogens is 359 g/mol. The molecule has 7 heteroatoms. The van der Waals surface area contributed by atoms with E-state index in [1.807, 2.05) is 13.0 Å². The molecule has 0 fully saturated rings. The van der Waals surface area contributed by atoms with Gasteiger partial charge in [-0.15, -0.1) is 0 Å². The Bertz CT molecular complexity index is 978. The number of hydrogen-bond acceptors (Lipinski definition) is 6. The monoisotopic (exact) mass is 380 g/mol. The van der Waals surface area contributed by atoms with E-state index >= 15 is 0 Å². The maximum Gasteiger partial charge on any atom is 0.340 e. The Morgan fingerprint density at radius 2 is 1.86 bits per heavy atom. The van der Waals surface area contributed by atoms with Gasteiger partial charge in [0.25, 0.3) is 0 Å². The lowest BCUT2D eigenvalue weighted by Crippen LogP contribution is -2.10. The third kappa shape index (κ3) is 4.82. The van der Waals surface area contributed by atoms with Crippen molar-refractivity contribution >= 4 is 23.4 Å². The van der Waals surface area contributed by atoms with Gasteiger partial charge in [0.1, 0.15) is 11.6 Å². The first-order chi connectivity index (χ1) is 13.6. The third-order valence-corrected chi connectivity index (χ3v) is 3.93. The van der Waals surface area contributed by atoms with Crippen molar-refractivity contribution in [1.29, 1.82) is 0 Å². The van der Waals surface area contributed by atoms with E-state index in [1.165, 1.54) is 6.07 Å². The van der Waals surface area contributed by atoms with Gasteiger partial charge in [-0.3, -0.25) is 0 Å². The highest BCUT2D eigenvalue weighted by atomic mass is 19.1. The summed E-state index contributed by atoms with van der Waals surface area (Å²) >= 11 is 0. The van der Waals surface area contributed by atoms with E-state index in [0.29, 0.717) is 35.2 Å². The second-order valence-electron chi connectivity index (χ2n) is 6.05. The number of carbonyl (C=O) groups is 1. The Kier molecular flexibility index (Phi) is 6.16. The smallest absolute Gasteiger partial charge is 0.340 e. The van der Waals surface area contributed by atoms with E-state index in [9.17, 15) is 9.18 Å². The summed E-state index contributed by atoms with van der Waals surface area (Å²) in [6, 6.07) is 15.3. The molecule has 1 heterocycles. The number of ether oxygens (including phenoxy) is 1. The summed E-state index contributed by atoms with van der Waals surface area (Å²) in [5.74, 6) is 0.179. The standard InChI is InChI=1S/C21H21FN4O2/c1-3-28-20(27)16-9-5-7-11-18(16)25-19-12-14(2)24-21(26-19)23-13-15-8-4-6-10-17(15)22/h4-12H,3,13H2,1-2H3,(H2,23,24,25,26). The molecule has 0 unspecified atom stereocenters. The van der Waals surface area contributed by atoms with Gasteiger partial charge in [-0.25, -0.2) is 14.2 Å². The van der Waals surface area contributed by atoms with Gasteiger partial charge in [-0.2, -0.15) is 4.98 Å². The first-order valence-electron chi connectivity index (χ1n) is 8.93. The molecule has 2 aromatic carbocycles. The predicted octanol–water partition coefficient (Wildman–Crippen LogP) is 4.46. The quantitative estimate of drug-likeness (QED) is 0.590. The van der Waals surface area contributed by atoms with Gasteiger partial charge in [0.2, 0.25) is 5.95 Å². The number of aryl methyl sites for hydroxylation is 1. The van der Waals surface area contributed by atoms with E-state index in [0.717, 1.165) is 5.69 Å². The topological polar surface area (TPSA) is 76.1 Å². The Hall–Kier alpha value is -3.48. The summed E-state index contributed by atoms with van der Waals surface area (Å²) in [6.45, 7) is 4.15. The van der Waals surface area contributed by atoms with Crippen LogP contribution in [0.1, 0.15) is 28.5 Å². The summed E-state index contributed by atoms with van der Waals surface area (Å²) in [5.41, 5.74) is 2.25. The van der Waals surface area contributed by atoms with Crippen LogP contribution in [0.4, 0.5) is 21.8 Å². The van der Waals surface area contributed by atoms with Crippen molar-refractivity contribution in [3.05, 3.63) is 77.2 Å². The van der Waals surface area contributed by atoms with Crippen molar-refractivity contribution in [2.24, 2.45) is 0 Å². The molecule has 2 N–H and O–H groups in total. The molecule has 3 aromatic rings. The average Bonchev–Trinajstić information content (AvgIpc) is 2.67. The zero-order valence-electron chi connectivity index (χ0n) is 15.7. The van der Waals surface area contributed by atoms with Crippen molar-refractivity contribution in [3.8, 4) is 0 Å². The van der Waals surface area contributed by atoms with E-state index < -0.39 is 5.97 Å². The van der Waals surface area contributed by atoms with E-state index in [1.54, 1.807) is 49.4 Å². The number of hydrogen-bond donors (Lipinski definition) is 2. The van der Waals surface area contributed by atoms with E-state index in [2.05, 4.69) is 20.6 Å². The summed E-state index contributed by atoms with van der Waals surface area (Å²) in [6.07, 6.45) is 0. The molecular formula is C21H21FN4O2. The summed E-state index contributed by atoms with van der Waals surface area (Å²) in [7, 11) is 0. The fourth-order valence-corrected chi connectivity index (χ4v) is 2.64. The zero-order valence-corrected chi connectivity index (χ0v) is 15.7. The SMILES string of the molecule is CCOC(=O)c1ccccc1Nc1cc(C)nc(NCc2ccccc2F)n1. The summed E-state index contributed by atoms with van der Waals surface area (Å²) < 4.78 is 18.9. The number of nitrogens with one attached hydrogen (secondary N) is 2. The number of esters is 1. The van der Waals surface area contributed by atoms with E-state index in [4.69, 9.17) is 4.74 Å². The number of benzene rings is 2. The molecule has 0 atom stereocenters. The van der Waals surface area contributed by atoms with Crippen LogP contribution in [0.25, 0.3) is 0 Å². The fourth-order valence-electron chi connectivity index (χ4n) is 2.64. The second-order valence-corrected chi connectivity index (χ2v) is 6.05. The van der Waals surface area contributed by atoms with Gasteiger partial charge in [0, 0.05) is 23.9 Å². The van der Waals surface area contributed by atoms with Crippen molar-refractivity contribution in [3.63, 3.8) is 0 Å². The maximum absolute atomic E-state index is 13.8. The highest BCUT2D eigenvalue weighted by Crippen LogP contribution is 2.22. The molecule has 144 valence electrons. The molecule has 0 spiro atoms. The molecule has 0 amide bonds. The lowest BCUT2D eigenvalue weighted by atomic mass is 10.2. The first kappa shape index (κ1) is 19.3. The largest absolute Gasteiger partial charge is 0.462 e. The molecule has 0 aliphatic heterocycles. The molecule has 3 rings (SSSR count). The maximum atomic E-state index is 13.8. The summed E-state index contributed by atoms with van der Waals surface area (Å²) in [5, 5.41) is 6.17. The van der Waals surface area contributed by atoms with Gasteiger partial charge in [-0.1, -0.05) is 30.3 Å². The summed E-state index contributed by atoms with van der Waals surface area (Å²) in [4.78, 5) is 20.9. The highest BCUT2D eigenvalue weighted by molar-refractivity contribution is 5.96. The van der Waals surface area contributed by atoms with Crippen LogP contribution in [0.2, 0.25) is 0 Å². The number of rotatable bonds is 7. The Morgan fingerprint density at radius 3 is 2.64 bits per heavy atom. The van der Waals surface area contributed by atoms with Crippen molar-refractivity contribution in [2.75, 3.05) is 17.2 Å². The van der Waals surface area contributed by atoms with Crippen LogP contribution in [0.3, 0.4) is 0 Å². The lowest BCUT2D eigenvalue weighted by Gasteiger charge is -2.13. The molecule has 0 radical (unpaired) electrons. The number of aromatic nitrogens is 2. The average molecular weight is 380 g/mol. The Balaban J connectivity index is 1.79. The van der Waals surface area contributed by atoms with E-state index in [-0.39, 0.29) is 12.4 Å². The van der Waals surface area contributed by atoms with Gasteiger partial charge in [0.05, 0.1) is 17.9 Å². The minimum atomic E-state index is -0.408. The molecule has 0 saturated carbocycles. The van der Waals surface area contributed by atoms with Gasteiger partial charge in [0.15, 0.2) is 0 Å². The van der Waals surface area contributed by atoms with Crippen LogP contribution >= 0.6 is 0 Å². The van der Waals surface area contributed by atoms with Gasteiger partial charge < -0.3 is 15.4 Å². The molecule has 6 nitrogen and oxygen atoms in total. The van der Waals surface area contributed by atoms with Crippen LogP contribution < -0.4 is 10.6 Å². The second kappa shape index (κ2) is 8.94. The van der Waals surface area contributed by atoms with Gasteiger partial charge >= 0.3 is 5.97 Å². The lowest BCUT2D eigenvalue weighted by molar-refractivity contribution is 0.0527. The van der Waals surface area contributed by atoms with Crippen LogP contribution in [-0.2, 0) is 11.3 Å². The van der Waals surface area contributed by atoms with Crippen molar-refractivity contribution in [1.82, 2.24) is 9.97 Å². The van der Waals surface area contributed by atoms with Crippen LogP contribution in [0, 0.1) is 12.7 Å². The molecule has 0 bridgehead atoms. The highest BCUT2D eigenvalue weighted by Gasteiger charge is 2.13. The zero-order chi connectivity index (χ0) is 19.9. The number of halogens is 1. The molecule has 0 aliphatic carbocycles. The third-order valence-electron chi connectivity index (χ3n) is 3.93. The molecule has 0 aliphatic rings. The Morgan fingerprint density at radius 1 is 1.11 bits per heavy atom. The van der Waals surface area contributed by atoms with Crippen LogP contribution in [-0.4, -0.2) is 22.5 Å². The minimum Gasteiger partial charge on any atom is -0.462 e. The van der Waals surface area contributed by atoms with Gasteiger partial charge in [-0.05, 0) is 32.0 Å². The molecule has 0 saturated heterocycles. The molecule has 1 aromatic heterocycles. The predicted molar refractivity (Wildman–Crippen MR) is 106 cm³/mol. The minimum absolute atomic E-state index is 0.259. The van der Waals surface area contributed by atoms with Crippen molar-refractivity contribution < 1.29 is 13.9 Å². The fraction of sp³-hybridized carbons (Fsp3) is 0.190. The van der Waals surface area contributed by atoms with Crippen LogP contribution in [0.5, 0.6) is 0 Å². The number of carbonyl (C=O) groups excluding carboxylic acids is 1. The van der Waals surface area contributed by atoms with Crippen molar-refractivity contribution in [2.45, 2.75) is 20.4 Å². The number of para-hydroxylation sites is 1. The first-order valence-corrected chi connectivity index (χ1v) is 8.93. The van der Waals surface area contributed by atoms with Crippen LogP contribution in [0.15, 0.2) is 54.6 Å². The Labute approximate surface area is 162 Å². The number of anilines is 3.